The molecule has 1 N–H and O–H groups in total. The number of rotatable bonds is 0. The minimum atomic E-state index is 0.521. The topological polar surface area (TPSA) is 20.2 Å². The van der Waals surface area contributed by atoms with Crippen molar-refractivity contribution in [3.05, 3.63) is 26.7 Å². The second kappa shape index (κ2) is 3.02. The molecule has 0 saturated carbocycles. The molecule has 0 unspecified atom stereocenters. The SMILES string of the molecule is Cc1c(C)c(Br)c2c(c1O)CCC2. The lowest BCUT2D eigenvalue weighted by molar-refractivity contribution is 0.464. The van der Waals surface area contributed by atoms with E-state index in [9.17, 15) is 5.11 Å². The predicted molar refractivity (Wildman–Crippen MR) is 57.3 cm³/mol. The van der Waals surface area contributed by atoms with Crippen LogP contribution < -0.4 is 0 Å². The lowest BCUT2D eigenvalue weighted by Crippen LogP contribution is -1.93. The molecule has 0 amide bonds. The fourth-order valence-electron chi connectivity index (χ4n) is 2.04. The molecule has 2 rings (SSSR count). The van der Waals surface area contributed by atoms with E-state index < -0.39 is 0 Å². The number of phenols is 1. The fourth-order valence-corrected chi connectivity index (χ4v) is 2.78. The second-order valence-corrected chi connectivity index (χ2v) is 4.52. The highest BCUT2D eigenvalue weighted by Gasteiger charge is 2.21. The monoisotopic (exact) mass is 240 g/mol. The maximum absolute atomic E-state index is 9.90. The Morgan fingerprint density at radius 1 is 1.08 bits per heavy atom. The predicted octanol–water partition coefficient (Wildman–Crippen LogP) is 3.26. The Kier molecular flexibility index (Phi) is 2.11. The Hall–Kier alpha value is -0.500. The minimum absolute atomic E-state index is 0.521. The van der Waals surface area contributed by atoms with Crippen LogP contribution in [-0.4, -0.2) is 5.11 Å². The molecule has 0 radical (unpaired) electrons. The molecule has 0 aliphatic heterocycles. The maximum Gasteiger partial charge on any atom is 0.122 e. The molecular weight excluding hydrogens is 228 g/mol. The summed E-state index contributed by atoms with van der Waals surface area (Å²) in [6.07, 6.45) is 3.30. The molecular formula is C11H13BrO. The number of benzene rings is 1. The van der Waals surface area contributed by atoms with Crippen LogP contribution in [0.3, 0.4) is 0 Å². The molecule has 1 aliphatic rings. The average molecular weight is 241 g/mol. The van der Waals surface area contributed by atoms with Crippen molar-refractivity contribution in [3.63, 3.8) is 0 Å². The zero-order chi connectivity index (χ0) is 9.59. The number of fused-ring (bicyclic) bond motifs is 1. The molecule has 0 fully saturated rings. The average Bonchev–Trinajstić information content (AvgIpc) is 2.59. The van der Waals surface area contributed by atoms with Crippen molar-refractivity contribution >= 4 is 15.9 Å². The van der Waals surface area contributed by atoms with Gasteiger partial charge in [-0.25, -0.2) is 0 Å². The van der Waals surface area contributed by atoms with Crippen molar-refractivity contribution in [3.8, 4) is 5.75 Å². The number of halogens is 1. The van der Waals surface area contributed by atoms with Crippen molar-refractivity contribution in [2.24, 2.45) is 0 Å². The summed E-state index contributed by atoms with van der Waals surface area (Å²) in [5.74, 6) is 0.521. The summed E-state index contributed by atoms with van der Waals surface area (Å²) in [5.41, 5.74) is 4.68. The van der Waals surface area contributed by atoms with Gasteiger partial charge >= 0.3 is 0 Å². The van der Waals surface area contributed by atoms with Gasteiger partial charge in [-0.3, -0.25) is 0 Å². The van der Waals surface area contributed by atoms with E-state index in [1.54, 1.807) is 0 Å². The molecule has 0 atom stereocenters. The second-order valence-electron chi connectivity index (χ2n) is 3.72. The first-order valence-electron chi connectivity index (χ1n) is 4.62. The summed E-state index contributed by atoms with van der Waals surface area (Å²) in [6, 6.07) is 0. The van der Waals surface area contributed by atoms with Gasteiger partial charge in [-0.1, -0.05) is 15.9 Å². The lowest BCUT2D eigenvalue weighted by Gasteiger charge is -2.12. The van der Waals surface area contributed by atoms with Gasteiger partial charge in [0.1, 0.15) is 5.75 Å². The molecule has 1 aliphatic carbocycles. The van der Waals surface area contributed by atoms with Gasteiger partial charge in [0.25, 0.3) is 0 Å². The summed E-state index contributed by atoms with van der Waals surface area (Å²) >= 11 is 3.61. The normalized spacial score (nSPS) is 14.7. The van der Waals surface area contributed by atoms with Gasteiger partial charge in [0, 0.05) is 4.47 Å². The number of hydrogen-bond donors (Lipinski definition) is 1. The van der Waals surface area contributed by atoms with Crippen LogP contribution in [0.4, 0.5) is 0 Å². The highest BCUT2D eigenvalue weighted by molar-refractivity contribution is 9.10. The molecule has 0 heterocycles. The van der Waals surface area contributed by atoms with Crippen LogP contribution in [0.2, 0.25) is 0 Å². The third-order valence-corrected chi connectivity index (χ3v) is 4.09. The molecule has 13 heavy (non-hydrogen) atoms. The van der Waals surface area contributed by atoms with Crippen molar-refractivity contribution < 1.29 is 5.11 Å². The number of hydrogen-bond acceptors (Lipinski definition) is 1. The Morgan fingerprint density at radius 3 is 2.38 bits per heavy atom. The molecule has 0 aromatic heterocycles. The quantitative estimate of drug-likeness (QED) is 0.739. The molecule has 1 aromatic rings. The summed E-state index contributed by atoms with van der Waals surface area (Å²) in [4.78, 5) is 0. The van der Waals surface area contributed by atoms with Gasteiger partial charge in [-0.15, -0.1) is 0 Å². The van der Waals surface area contributed by atoms with Gasteiger partial charge < -0.3 is 5.11 Å². The van der Waals surface area contributed by atoms with E-state index in [1.165, 1.54) is 22.0 Å². The summed E-state index contributed by atoms with van der Waals surface area (Å²) in [6.45, 7) is 4.03. The first-order chi connectivity index (χ1) is 6.13. The molecule has 0 saturated heterocycles. The Bertz CT molecular complexity index is 334. The Labute approximate surface area is 86.9 Å². The van der Waals surface area contributed by atoms with Crippen molar-refractivity contribution in [1.29, 1.82) is 0 Å². The molecule has 70 valence electrons. The summed E-state index contributed by atoms with van der Waals surface area (Å²) in [7, 11) is 0. The van der Waals surface area contributed by atoms with E-state index in [0.717, 1.165) is 24.0 Å². The zero-order valence-corrected chi connectivity index (χ0v) is 9.53. The van der Waals surface area contributed by atoms with E-state index in [1.807, 2.05) is 6.92 Å². The number of aromatic hydroxyl groups is 1. The van der Waals surface area contributed by atoms with Crippen LogP contribution in [0, 0.1) is 13.8 Å². The van der Waals surface area contributed by atoms with E-state index in [2.05, 4.69) is 22.9 Å². The number of phenolic OH excluding ortho intramolecular Hbond substituents is 1. The highest BCUT2D eigenvalue weighted by Crippen LogP contribution is 2.40. The van der Waals surface area contributed by atoms with Crippen LogP contribution in [0.1, 0.15) is 28.7 Å². The van der Waals surface area contributed by atoms with E-state index in [4.69, 9.17) is 0 Å². The van der Waals surface area contributed by atoms with Gasteiger partial charge in [0.2, 0.25) is 0 Å². The van der Waals surface area contributed by atoms with Crippen molar-refractivity contribution in [1.82, 2.24) is 0 Å². The fraction of sp³-hybridized carbons (Fsp3) is 0.455. The molecule has 2 heteroatoms. The summed E-state index contributed by atoms with van der Waals surface area (Å²) in [5, 5.41) is 9.90. The van der Waals surface area contributed by atoms with Gasteiger partial charge in [-0.05, 0) is 55.4 Å². The molecule has 0 spiro atoms. The van der Waals surface area contributed by atoms with E-state index >= 15 is 0 Å². The maximum atomic E-state index is 9.90. The Balaban J connectivity index is 2.77. The minimum Gasteiger partial charge on any atom is -0.507 e. The van der Waals surface area contributed by atoms with Crippen molar-refractivity contribution in [2.45, 2.75) is 33.1 Å². The first-order valence-corrected chi connectivity index (χ1v) is 5.41. The molecule has 1 nitrogen and oxygen atoms in total. The smallest absolute Gasteiger partial charge is 0.122 e. The third-order valence-electron chi connectivity index (χ3n) is 3.02. The highest BCUT2D eigenvalue weighted by atomic mass is 79.9. The first kappa shape index (κ1) is 9.07. The zero-order valence-electron chi connectivity index (χ0n) is 7.95. The van der Waals surface area contributed by atoms with Gasteiger partial charge in [0.15, 0.2) is 0 Å². The van der Waals surface area contributed by atoms with Gasteiger partial charge in [0.05, 0.1) is 0 Å². The van der Waals surface area contributed by atoms with Crippen molar-refractivity contribution in [2.75, 3.05) is 0 Å². The van der Waals surface area contributed by atoms with E-state index in [-0.39, 0.29) is 0 Å². The largest absolute Gasteiger partial charge is 0.507 e. The standard InChI is InChI=1S/C11H13BrO/c1-6-7(2)11(13)9-5-3-4-8(9)10(6)12/h13H,3-5H2,1-2H3. The third kappa shape index (κ3) is 1.19. The van der Waals surface area contributed by atoms with E-state index in [0.29, 0.717) is 5.75 Å². The Morgan fingerprint density at radius 2 is 1.69 bits per heavy atom. The van der Waals surface area contributed by atoms with Gasteiger partial charge in [-0.2, -0.15) is 0 Å². The van der Waals surface area contributed by atoms with Crippen LogP contribution in [0.5, 0.6) is 5.75 Å². The summed E-state index contributed by atoms with van der Waals surface area (Å²) < 4.78 is 1.20. The van der Waals surface area contributed by atoms with Crippen LogP contribution in [-0.2, 0) is 12.8 Å². The van der Waals surface area contributed by atoms with Crippen LogP contribution >= 0.6 is 15.9 Å². The lowest BCUT2D eigenvalue weighted by atomic mass is 10.0. The molecule has 1 aromatic carbocycles. The molecule has 0 bridgehead atoms. The van der Waals surface area contributed by atoms with Crippen LogP contribution in [0.15, 0.2) is 4.47 Å². The van der Waals surface area contributed by atoms with Crippen LogP contribution in [0.25, 0.3) is 0 Å².